The van der Waals surface area contributed by atoms with Crippen molar-refractivity contribution in [3.63, 3.8) is 0 Å². The lowest BCUT2D eigenvalue weighted by Crippen LogP contribution is -2.01. The molecule has 0 aliphatic rings. The Bertz CT molecular complexity index is 487. The van der Waals surface area contributed by atoms with Crippen LogP contribution in [-0.2, 0) is 5.75 Å². The zero-order chi connectivity index (χ0) is 11.4. The van der Waals surface area contributed by atoms with Crippen molar-refractivity contribution in [3.05, 3.63) is 41.8 Å². The van der Waals surface area contributed by atoms with Gasteiger partial charge in [-0.3, -0.25) is 4.98 Å². The number of nitrogens with zero attached hydrogens (tertiary/aromatic N) is 1. The lowest BCUT2D eigenvalue weighted by atomic mass is 10.1. The van der Waals surface area contributed by atoms with Crippen molar-refractivity contribution in [3.8, 4) is 0 Å². The fourth-order valence-electron chi connectivity index (χ4n) is 1.58. The number of thioether (sulfide) groups is 1. The van der Waals surface area contributed by atoms with Gasteiger partial charge in [-0.1, -0.05) is 6.07 Å². The Morgan fingerprint density at radius 3 is 3.00 bits per heavy atom. The van der Waals surface area contributed by atoms with Gasteiger partial charge in [-0.2, -0.15) is 11.8 Å². The van der Waals surface area contributed by atoms with E-state index in [1.165, 1.54) is 6.07 Å². The maximum absolute atomic E-state index is 13.5. The van der Waals surface area contributed by atoms with Crippen molar-refractivity contribution in [2.45, 2.75) is 5.75 Å². The van der Waals surface area contributed by atoms with Crippen LogP contribution in [0, 0.1) is 5.82 Å². The van der Waals surface area contributed by atoms with E-state index in [-0.39, 0.29) is 5.82 Å². The molecule has 0 atom stereocenters. The summed E-state index contributed by atoms with van der Waals surface area (Å²) >= 11 is 1.74. The van der Waals surface area contributed by atoms with Gasteiger partial charge in [-0.25, -0.2) is 4.39 Å². The highest BCUT2D eigenvalue weighted by Gasteiger charge is 2.06. The number of rotatable bonds is 4. The molecule has 0 unspecified atom stereocenters. The highest BCUT2D eigenvalue weighted by atomic mass is 32.2. The van der Waals surface area contributed by atoms with Crippen molar-refractivity contribution in [2.24, 2.45) is 5.73 Å². The molecular formula is C12H13FN2S. The molecule has 0 saturated carbocycles. The van der Waals surface area contributed by atoms with Crippen LogP contribution < -0.4 is 5.73 Å². The van der Waals surface area contributed by atoms with Crippen LogP contribution >= 0.6 is 11.8 Å². The van der Waals surface area contributed by atoms with Crippen LogP contribution in [0.2, 0.25) is 0 Å². The molecule has 84 valence electrons. The molecule has 0 aliphatic heterocycles. The summed E-state index contributed by atoms with van der Waals surface area (Å²) in [5, 5.41) is 0.591. The van der Waals surface area contributed by atoms with E-state index in [4.69, 9.17) is 5.73 Å². The summed E-state index contributed by atoms with van der Waals surface area (Å²) < 4.78 is 13.5. The van der Waals surface area contributed by atoms with Gasteiger partial charge in [0.2, 0.25) is 0 Å². The Labute approximate surface area is 98.1 Å². The van der Waals surface area contributed by atoms with Gasteiger partial charge < -0.3 is 5.73 Å². The van der Waals surface area contributed by atoms with Crippen molar-refractivity contribution in [2.75, 3.05) is 12.3 Å². The molecule has 0 bridgehead atoms. The molecule has 0 spiro atoms. The number of pyridine rings is 1. The molecular weight excluding hydrogens is 223 g/mol. The van der Waals surface area contributed by atoms with Crippen molar-refractivity contribution in [1.82, 2.24) is 4.98 Å². The molecule has 0 radical (unpaired) electrons. The number of hydrogen-bond acceptors (Lipinski definition) is 3. The second-order valence-corrected chi connectivity index (χ2v) is 4.55. The Hall–Kier alpha value is -1.13. The van der Waals surface area contributed by atoms with Crippen molar-refractivity contribution < 1.29 is 4.39 Å². The molecule has 2 N–H and O–H groups in total. The average Bonchev–Trinajstić information content (AvgIpc) is 2.33. The number of benzene rings is 1. The van der Waals surface area contributed by atoms with E-state index in [0.717, 1.165) is 22.6 Å². The van der Waals surface area contributed by atoms with E-state index < -0.39 is 0 Å². The highest BCUT2D eigenvalue weighted by molar-refractivity contribution is 7.98. The Kier molecular flexibility index (Phi) is 3.74. The van der Waals surface area contributed by atoms with E-state index in [1.54, 1.807) is 36.2 Å². The van der Waals surface area contributed by atoms with Gasteiger partial charge >= 0.3 is 0 Å². The predicted molar refractivity (Wildman–Crippen MR) is 66.9 cm³/mol. The van der Waals surface area contributed by atoms with Gasteiger partial charge in [0.05, 0.1) is 5.52 Å². The van der Waals surface area contributed by atoms with E-state index in [1.807, 2.05) is 0 Å². The zero-order valence-corrected chi connectivity index (χ0v) is 9.64. The monoisotopic (exact) mass is 236 g/mol. The molecule has 0 amide bonds. The van der Waals surface area contributed by atoms with Crippen LogP contribution in [0.5, 0.6) is 0 Å². The SMILES string of the molecule is NCCSCc1ccc(F)c2cccnc12. The zero-order valence-electron chi connectivity index (χ0n) is 8.82. The van der Waals surface area contributed by atoms with Gasteiger partial charge in [0.1, 0.15) is 5.82 Å². The molecule has 0 fully saturated rings. The summed E-state index contributed by atoms with van der Waals surface area (Å²) in [6, 6.07) is 6.81. The van der Waals surface area contributed by atoms with Gasteiger partial charge in [0, 0.05) is 29.6 Å². The van der Waals surface area contributed by atoms with Gasteiger partial charge in [0.25, 0.3) is 0 Å². The Morgan fingerprint density at radius 2 is 2.19 bits per heavy atom. The van der Waals surface area contributed by atoms with Crippen molar-refractivity contribution >= 4 is 22.7 Å². The number of nitrogens with two attached hydrogens (primary N) is 1. The molecule has 0 saturated heterocycles. The second kappa shape index (κ2) is 5.27. The molecule has 1 heterocycles. The minimum absolute atomic E-state index is 0.212. The maximum atomic E-state index is 13.5. The third-order valence-electron chi connectivity index (χ3n) is 2.32. The number of hydrogen-bond donors (Lipinski definition) is 1. The fourth-order valence-corrected chi connectivity index (χ4v) is 2.34. The first kappa shape index (κ1) is 11.4. The molecule has 1 aromatic heterocycles. The summed E-state index contributed by atoms with van der Waals surface area (Å²) in [5.74, 6) is 1.52. The summed E-state index contributed by atoms with van der Waals surface area (Å²) in [6.07, 6.45) is 1.69. The third kappa shape index (κ3) is 2.33. The smallest absolute Gasteiger partial charge is 0.132 e. The first-order chi connectivity index (χ1) is 7.83. The molecule has 2 aromatic rings. The Morgan fingerprint density at radius 1 is 1.31 bits per heavy atom. The van der Waals surface area contributed by atoms with Gasteiger partial charge in [-0.15, -0.1) is 0 Å². The molecule has 2 nitrogen and oxygen atoms in total. The first-order valence-corrected chi connectivity index (χ1v) is 6.28. The van der Waals surface area contributed by atoms with E-state index in [0.29, 0.717) is 11.9 Å². The van der Waals surface area contributed by atoms with Gasteiger partial charge in [0.15, 0.2) is 0 Å². The minimum Gasteiger partial charge on any atom is -0.330 e. The van der Waals surface area contributed by atoms with Crippen LogP contribution in [0.4, 0.5) is 4.39 Å². The largest absolute Gasteiger partial charge is 0.330 e. The van der Waals surface area contributed by atoms with Gasteiger partial charge in [-0.05, 0) is 23.8 Å². The van der Waals surface area contributed by atoms with Crippen LogP contribution in [-0.4, -0.2) is 17.3 Å². The topological polar surface area (TPSA) is 38.9 Å². The number of halogens is 1. The summed E-state index contributed by atoms with van der Waals surface area (Å²) in [4.78, 5) is 4.24. The minimum atomic E-state index is -0.212. The average molecular weight is 236 g/mol. The fraction of sp³-hybridized carbons (Fsp3) is 0.250. The highest BCUT2D eigenvalue weighted by Crippen LogP contribution is 2.22. The maximum Gasteiger partial charge on any atom is 0.132 e. The van der Waals surface area contributed by atoms with E-state index in [2.05, 4.69) is 4.98 Å². The van der Waals surface area contributed by atoms with E-state index in [9.17, 15) is 4.39 Å². The standard InChI is InChI=1S/C12H13FN2S/c13-11-4-3-9(8-16-7-5-14)12-10(11)2-1-6-15-12/h1-4,6H,5,7-8,14H2. The quantitative estimate of drug-likeness (QED) is 0.829. The molecule has 0 aliphatic carbocycles. The lowest BCUT2D eigenvalue weighted by Gasteiger charge is -2.05. The first-order valence-electron chi connectivity index (χ1n) is 5.13. The van der Waals surface area contributed by atoms with Crippen LogP contribution in [0.25, 0.3) is 10.9 Å². The summed E-state index contributed by atoms with van der Waals surface area (Å²) in [6.45, 7) is 0.664. The van der Waals surface area contributed by atoms with Crippen LogP contribution in [0.3, 0.4) is 0 Å². The summed E-state index contributed by atoms with van der Waals surface area (Å²) in [5.41, 5.74) is 7.25. The molecule has 16 heavy (non-hydrogen) atoms. The Balaban J connectivity index is 2.35. The van der Waals surface area contributed by atoms with Crippen LogP contribution in [0.15, 0.2) is 30.5 Å². The lowest BCUT2D eigenvalue weighted by molar-refractivity contribution is 0.639. The van der Waals surface area contributed by atoms with E-state index >= 15 is 0 Å². The van der Waals surface area contributed by atoms with Crippen LogP contribution in [0.1, 0.15) is 5.56 Å². The number of aromatic nitrogens is 1. The molecule has 2 rings (SSSR count). The van der Waals surface area contributed by atoms with Crippen molar-refractivity contribution in [1.29, 1.82) is 0 Å². The number of fused-ring (bicyclic) bond motifs is 1. The normalized spacial score (nSPS) is 10.9. The third-order valence-corrected chi connectivity index (χ3v) is 3.36. The second-order valence-electron chi connectivity index (χ2n) is 3.45. The molecule has 4 heteroatoms. The summed E-state index contributed by atoms with van der Waals surface area (Å²) in [7, 11) is 0. The predicted octanol–water partition coefficient (Wildman–Crippen LogP) is 2.57. The molecule has 1 aromatic carbocycles.